The van der Waals surface area contributed by atoms with Crippen LogP contribution in [0.15, 0.2) is 48.5 Å². The quantitative estimate of drug-likeness (QED) is 0.428. The summed E-state index contributed by atoms with van der Waals surface area (Å²) in [5, 5.41) is 0. The van der Waals surface area contributed by atoms with Crippen LogP contribution in [-0.4, -0.2) is 58.5 Å². The van der Waals surface area contributed by atoms with E-state index in [-0.39, 0.29) is 5.92 Å². The number of benzene rings is 2. The van der Waals surface area contributed by atoms with Gasteiger partial charge in [0.15, 0.2) is 0 Å². The van der Waals surface area contributed by atoms with E-state index < -0.39 is 0 Å². The van der Waals surface area contributed by atoms with Crippen LogP contribution in [0.3, 0.4) is 0 Å². The average Bonchev–Trinajstić information content (AvgIpc) is 3.21. The molecule has 0 saturated carbocycles. The first-order valence-corrected chi connectivity index (χ1v) is 12.7. The van der Waals surface area contributed by atoms with Gasteiger partial charge in [0.25, 0.3) is 0 Å². The highest BCUT2D eigenvalue weighted by molar-refractivity contribution is 5.79. The number of fused-ring (bicyclic) bond motifs is 1. The summed E-state index contributed by atoms with van der Waals surface area (Å²) in [5.74, 6) is 2.34. The van der Waals surface area contributed by atoms with Gasteiger partial charge in [0.2, 0.25) is 5.91 Å². The number of rotatable bonds is 10. The van der Waals surface area contributed by atoms with Gasteiger partial charge in [0, 0.05) is 26.2 Å². The number of likely N-dealkylation sites (tertiary alicyclic amines) is 1. The van der Waals surface area contributed by atoms with E-state index in [4.69, 9.17) is 9.72 Å². The fourth-order valence-electron chi connectivity index (χ4n) is 4.97. The molecular formula is C28H38N4O2. The van der Waals surface area contributed by atoms with Crippen molar-refractivity contribution in [3.8, 4) is 5.75 Å². The summed E-state index contributed by atoms with van der Waals surface area (Å²) in [6, 6.07) is 16.6. The Balaban J connectivity index is 1.52. The van der Waals surface area contributed by atoms with Gasteiger partial charge in [-0.15, -0.1) is 0 Å². The molecule has 0 aliphatic carbocycles. The zero-order chi connectivity index (χ0) is 23.9. The maximum absolute atomic E-state index is 13.2. The van der Waals surface area contributed by atoms with E-state index in [0.717, 1.165) is 87.6 Å². The Morgan fingerprint density at radius 3 is 2.65 bits per heavy atom. The number of carbonyl (C=O) groups excluding carboxylic acids is 1. The van der Waals surface area contributed by atoms with Crippen LogP contribution in [0.4, 0.5) is 0 Å². The molecule has 1 amide bonds. The number of piperidine rings is 1. The molecule has 0 bridgehead atoms. The summed E-state index contributed by atoms with van der Waals surface area (Å²) in [6.45, 7) is 9.29. The summed E-state index contributed by atoms with van der Waals surface area (Å²) in [4.78, 5) is 22.7. The molecule has 1 saturated heterocycles. The Morgan fingerprint density at radius 1 is 1.12 bits per heavy atom. The lowest BCUT2D eigenvalue weighted by atomic mass is 9.96. The zero-order valence-corrected chi connectivity index (χ0v) is 20.9. The van der Waals surface area contributed by atoms with Crippen molar-refractivity contribution in [1.82, 2.24) is 19.4 Å². The normalized spacial score (nSPS) is 16.6. The molecule has 1 aromatic heterocycles. The molecule has 1 aliphatic heterocycles. The van der Waals surface area contributed by atoms with Gasteiger partial charge in [-0.3, -0.25) is 9.69 Å². The number of methoxy groups -OCH3 is 1. The summed E-state index contributed by atoms with van der Waals surface area (Å²) < 4.78 is 7.64. The van der Waals surface area contributed by atoms with E-state index in [0.29, 0.717) is 5.91 Å². The molecule has 182 valence electrons. The van der Waals surface area contributed by atoms with Crippen molar-refractivity contribution in [2.75, 3.05) is 33.3 Å². The van der Waals surface area contributed by atoms with Crippen molar-refractivity contribution in [2.45, 2.75) is 52.6 Å². The monoisotopic (exact) mass is 462 g/mol. The lowest BCUT2D eigenvalue weighted by Gasteiger charge is -2.34. The summed E-state index contributed by atoms with van der Waals surface area (Å²) in [6.07, 6.45) is 4.23. The fraction of sp³-hybridized carbons (Fsp3) is 0.500. The molecule has 6 nitrogen and oxygen atoms in total. The van der Waals surface area contributed by atoms with Gasteiger partial charge in [0.05, 0.1) is 30.6 Å². The third-order valence-electron chi connectivity index (χ3n) is 6.93. The minimum absolute atomic E-state index is 0.0879. The zero-order valence-electron chi connectivity index (χ0n) is 20.9. The van der Waals surface area contributed by atoms with Crippen LogP contribution in [-0.2, 0) is 17.9 Å². The number of aromatic nitrogens is 2. The second-order valence-electron chi connectivity index (χ2n) is 9.30. The Hall–Kier alpha value is -2.86. The largest absolute Gasteiger partial charge is 0.497 e. The standard InChI is InChI=1S/C28H38N4O2/c1-4-6-18-31(5-2)28(33)23-10-9-17-30(20-23)21-27-29-25-11-7-8-12-26(25)32(27)19-22-13-15-24(34-3)16-14-22/h7-8,11-16,23H,4-6,9-10,17-21H2,1-3H3/t23-/m1/s1. The molecule has 0 radical (unpaired) electrons. The predicted octanol–water partition coefficient (Wildman–Crippen LogP) is 4.95. The van der Waals surface area contributed by atoms with Crippen LogP contribution in [0.25, 0.3) is 11.0 Å². The Labute approximate surface area is 203 Å². The highest BCUT2D eigenvalue weighted by Crippen LogP contribution is 2.24. The number of para-hydroxylation sites is 2. The fourth-order valence-corrected chi connectivity index (χ4v) is 4.97. The van der Waals surface area contributed by atoms with E-state index in [9.17, 15) is 4.79 Å². The number of carbonyl (C=O) groups is 1. The van der Waals surface area contributed by atoms with Crippen molar-refractivity contribution >= 4 is 16.9 Å². The number of imidazole rings is 1. The minimum atomic E-state index is 0.0879. The van der Waals surface area contributed by atoms with Crippen LogP contribution >= 0.6 is 0 Å². The molecule has 1 aliphatic rings. The van der Waals surface area contributed by atoms with Gasteiger partial charge in [-0.1, -0.05) is 37.6 Å². The van der Waals surface area contributed by atoms with Crippen molar-refractivity contribution in [2.24, 2.45) is 5.92 Å². The van der Waals surface area contributed by atoms with E-state index in [1.807, 2.05) is 18.2 Å². The minimum Gasteiger partial charge on any atom is -0.497 e. The van der Waals surface area contributed by atoms with Gasteiger partial charge in [-0.05, 0) is 62.6 Å². The van der Waals surface area contributed by atoms with E-state index in [1.165, 1.54) is 5.56 Å². The van der Waals surface area contributed by atoms with Crippen LogP contribution in [0.2, 0.25) is 0 Å². The van der Waals surface area contributed by atoms with Gasteiger partial charge < -0.3 is 14.2 Å². The first kappa shape index (κ1) is 24.3. The number of amides is 1. The number of hydrogen-bond donors (Lipinski definition) is 0. The second-order valence-corrected chi connectivity index (χ2v) is 9.30. The highest BCUT2D eigenvalue weighted by Gasteiger charge is 2.29. The van der Waals surface area contributed by atoms with Gasteiger partial charge in [-0.25, -0.2) is 4.98 Å². The van der Waals surface area contributed by atoms with Gasteiger partial charge >= 0.3 is 0 Å². The van der Waals surface area contributed by atoms with Gasteiger partial charge in [-0.2, -0.15) is 0 Å². The summed E-state index contributed by atoms with van der Waals surface area (Å²) in [5.41, 5.74) is 3.38. The van der Waals surface area contributed by atoms with Crippen LogP contribution in [0.5, 0.6) is 5.75 Å². The molecular weight excluding hydrogens is 424 g/mol. The molecule has 6 heteroatoms. The highest BCUT2D eigenvalue weighted by atomic mass is 16.5. The number of hydrogen-bond acceptors (Lipinski definition) is 4. The molecule has 0 spiro atoms. The molecule has 3 aromatic rings. The first-order valence-electron chi connectivity index (χ1n) is 12.7. The lowest BCUT2D eigenvalue weighted by Crippen LogP contribution is -2.45. The third kappa shape index (κ3) is 5.61. The molecule has 34 heavy (non-hydrogen) atoms. The molecule has 1 fully saturated rings. The van der Waals surface area contributed by atoms with Crippen molar-refractivity contribution < 1.29 is 9.53 Å². The number of nitrogens with zero attached hydrogens (tertiary/aromatic N) is 4. The maximum atomic E-state index is 13.2. The van der Waals surface area contributed by atoms with E-state index >= 15 is 0 Å². The third-order valence-corrected chi connectivity index (χ3v) is 6.93. The molecule has 4 rings (SSSR count). The SMILES string of the molecule is CCCCN(CC)C(=O)[C@@H]1CCCN(Cc2nc3ccccc3n2Cc2ccc(OC)cc2)C1. The number of unbranched alkanes of at least 4 members (excludes halogenated alkanes) is 1. The average molecular weight is 463 g/mol. The predicted molar refractivity (Wildman–Crippen MR) is 137 cm³/mol. The van der Waals surface area contributed by atoms with Crippen molar-refractivity contribution in [1.29, 1.82) is 0 Å². The lowest BCUT2D eigenvalue weighted by molar-refractivity contribution is -0.137. The first-order chi connectivity index (χ1) is 16.6. The molecule has 1 atom stereocenters. The van der Waals surface area contributed by atoms with E-state index in [2.05, 4.69) is 58.5 Å². The van der Waals surface area contributed by atoms with Crippen LogP contribution in [0, 0.1) is 5.92 Å². The summed E-state index contributed by atoms with van der Waals surface area (Å²) >= 11 is 0. The van der Waals surface area contributed by atoms with Crippen molar-refractivity contribution in [3.05, 3.63) is 59.9 Å². The Kier molecular flexibility index (Phi) is 8.22. The number of ether oxygens (including phenoxy) is 1. The topological polar surface area (TPSA) is 50.6 Å². The Morgan fingerprint density at radius 2 is 1.91 bits per heavy atom. The van der Waals surface area contributed by atoms with Crippen molar-refractivity contribution in [3.63, 3.8) is 0 Å². The van der Waals surface area contributed by atoms with Crippen LogP contribution in [0.1, 0.15) is 50.9 Å². The van der Waals surface area contributed by atoms with Gasteiger partial charge in [0.1, 0.15) is 11.6 Å². The second kappa shape index (κ2) is 11.5. The molecule has 0 N–H and O–H groups in total. The van der Waals surface area contributed by atoms with E-state index in [1.54, 1.807) is 7.11 Å². The smallest absolute Gasteiger partial charge is 0.226 e. The maximum Gasteiger partial charge on any atom is 0.226 e. The molecule has 2 aromatic carbocycles. The Bertz CT molecular complexity index is 1080. The summed E-state index contributed by atoms with van der Waals surface area (Å²) in [7, 11) is 1.69. The molecule has 0 unspecified atom stereocenters. The van der Waals surface area contributed by atoms with Crippen LogP contribution < -0.4 is 4.74 Å². The molecule has 2 heterocycles.